The van der Waals surface area contributed by atoms with Crippen molar-refractivity contribution in [3.8, 4) is 22.5 Å². The zero-order valence-corrected chi connectivity index (χ0v) is 15.5. The Labute approximate surface area is 158 Å². The Morgan fingerprint density at radius 3 is 2.52 bits per heavy atom. The Morgan fingerprint density at radius 2 is 1.72 bits per heavy atom. The van der Waals surface area contributed by atoms with Gasteiger partial charge < -0.3 is 8.82 Å². The SMILES string of the molecule is [Ir].[c-]1ccccc1-c1ncc2oc3cccc(-c4ccccc4)c3n12. The van der Waals surface area contributed by atoms with Gasteiger partial charge in [-0.3, -0.25) is 4.98 Å². The van der Waals surface area contributed by atoms with Crippen LogP contribution >= 0.6 is 0 Å². The topological polar surface area (TPSA) is 30.4 Å². The van der Waals surface area contributed by atoms with Crippen molar-refractivity contribution < 1.29 is 24.5 Å². The Balaban J connectivity index is 0.00000157. The first-order valence-corrected chi connectivity index (χ1v) is 7.83. The van der Waals surface area contributed by atoms with Crippen molar-refractivity contribution in [1.82, 2.24) is 9.38 Å². The summed E-state index contributed by atoms with van der Waals surface area (Å²) in [5, 5.41) is 0. The molecule has 5 aromatic rings. The first-order valence-electron chi connectivity index (χ1n) is 7.83. The van der Waals surface area contributed by atoms with E-state index in [1.54, 1.807) is 6.20 Å². The maximum atomic E-state index is 6.00. The minimum absolute atomic E-state index is 0. The van der Waals surface area contributed by atoms with Gasteiger partial charge in [-0.1, -0.05) is 42.5 Å². The molecule has 123 valence electrons. The molecule has 0 saturated heterocycles. The summed E-state index contributed by atoms with van der Waals surface area (Å²) >= 11 is 0. The predicted octanol–water partition coefficient (Wildman–Crippen LogP) is 5.21. The van der Waals surface area contributed by atoms with Crippen molar-refractivity contribution in [2.24, 2.45) is 0 Å². The van der Waals surface area contributed by atoms with Gasteiger partial charge in [-0.05, 0) is 11.6 Å². The molecule has 4 heteroatoms. The van der Waals surface area contributed by atoms with Crippen LogP contribution in [0.4, 0.5) is 0 Å². The summed E-state index contributed by atoms with van der Waals surface area (Å²) in [6.45, 7) is 0. The fourth-order valence-electron chi connectivity index (χ4n) is 3.15. The number of nitrogens with zero attached hydrogens (tertiary/aromatic N) is 2. The average Bonchev–Trinajstić information content (AvgIpc) is 3.22. The van der Waals surface area contributed by atoms with E-state index in [4.69, 9.17) is 4.42 Å². The number of aromatic nitrogens is 2. The first kappa shape index (κ1) is 15.8. The molecular formula is C21H13IrN2O-. The molecule has 0 aliphatic heterocycles. The van der Waals surface area contributed by atoms with Gasteiger partial charge >= 0.3 is 0 Å². The van der Waals surface area contributed by atoms with Crippen LogP contribution in [0.15, 0.2) is 83.4 Å². The van der Waals surface area contributed by atoms with Gasteiger partial charge in [-0.15, -0.1) is 35.9 Å². The molecule has 5 rings (SSSR count). The first-order chi connectivity index (χ1) is 11.9. The van der Waals surface area contributed by atoms with E-state index in [0.29, 0.717) is 0 Å². The standard InChI is InChI=1S/C21H13N2O.Ir/c1-3-8-15(9-4-1)17-12-7-13-18-20(17)23-19(24-18)14-22-21(23)16-10-5-2-6-11-16;/h1-10,12-14H;/q-1;. The molecule has 0 bridgehead atoms. The quantitative estimate of drug-likeness (QED) is 0.311. The number of fused-ring (bicyclic) bond motifs is 3. The third-order valence-corrected chi connectivity index (χ3v) is 4.20. The van der Waals surface area contributed by atoms with Crippen LogP contribution in [0.25, 0.3) is 39.3 Å². The third-order valence-electron chi connectivity index (χ3n) is 4.20. The minimum atomic E-state index is 0. The van der Waals surface area contributed by atoms with E-state index >= 15 is 0 Å². The number of rotatable bonds is 2. The molecule has 0 amide bonds. The molecule has 0 unspecified atom stereocenters. The maximum Gasteiger partial charge on any atom is 0.215 e. The fourth-order valence-corrected chi connectivity index (χ4v) is 3.15. The normalized spacial score (nSPS) is 10.9. The van der Waals surface area contributed by atoms with Gasteiger partial charge in [0.25, 0.3) is 0 Å². The van der Waals surface area contributed by atoms with Crippen molar-refractivity contribution in [1.29, 1.82) is 0 Å². The summed E-state index contributed by atoms with van der Waals surface area (Å²) in [4.78, 5) is 4.55. The molecule has 0 saturated carbocycles. The van der Waals surface area contributed by atoms with E-state index < -0.39 is 0 Å². The summed E-state index contributed by atoms with van der Waals surface area (Å²) in [5.74, 6) is 0.840. The molecule has 0 N–H and O–H groups in total. The number of hydrogen-bond acceptors (Lipinski definition) is 2. The minimum Gasteiger partial charge on any atom is -0.437 e. The summed E-state index contributed by atoms with van der Waals surface area (Å²) in [5.41, 5.74) is 5.85. The molecule has 3 nitrogen and oxygen atoms in total. The van der Waals surface area contributed by atoms with E-state index in [2.05, 4.69) is 33.7 Å². The Morgan fingerprint density at radius 1 is 0.880 bits per heavy atom. The zero-order valence-electron chi connectivity index (χ0n) is 13.1. The summed E-state index contributed by atoms with van der Waals surface area (Å²) in [7, 11) is 0. The molecular weight excluding hydrogens is 488 g/mol. The fraction of sp³-hybridized carbons (Fsp3) is 0. The zero-order chi connectivity index (χ0) is 15.9. The molecule has 0 aliphatic rings. The van der Waals surface area contributed by atoms with Crippen LogP contribution in [-0.2, 0) is 20.1 Å². The van der Waals surface area contributed by atoms with Crippen molar-refractivity contribution in [3.63, 3.8) is 0 Å². The molecule has 0 fully saturated rings. The van der Waals surface area contributed by atoms with Gasteiger partial charge in [0.2, 0.25) is 5.71 Å². The molecule has 1 radical (unpaired) electrons. The number of benzene rings is 3. The summed E-state index contributed by atoms with van der Waals surface area (Å²) in [6, 6.07) is 27.6. The molecule has 0 atom stereocenters. The van der Waals surface area contributed by atoms with Crippen molar-refractivity contribution in [2.45, 2.75) is 0 Å². The van der Waals surface area contributed by atoms with E-state index in [9.17, 15) is 0 Å². The van der Waals surface area contributed by atoms with Gasteiger partial charge in [-0.25, -0.2) is 0 Å². The van der Waals surface area contributed by atoms with Crippen LogP contribution in [-0.4, -0.2) is 9.38 Å². The van der Waals surface area contributed by atoms with E-state index in [-0.39, 0.29) is 20.1 Å². The van der Waals surface area contributed by atoms with Crippen LogP contribution in [0.2, 0.25) is 0 Å². The number of hydrogen-bond donors (Lipinski definition) is 0. The molecule has 25 heavy (non-hydrogen) atoms. The Bertz CT molecular complexity index is 1140. The number of para-hydroxylation sites is 1. The van der Waals surface area contributed by atoms with Gasteiger partial charge in [0.15, 0.2) is 5.58 Å². The molecule has 0 spiro atoms. The smallest absolute Gasteiger partial charge is 0.215 e. The van der Waals surface area contributed by atoms with Gasteiger partial charge in [0.05, 0.1) is 17.5 Å². The second-order valence-electron chi connectivity index (χ2n) is 5.65. The molecule has 3 aromatic carbocycles. The number of oxazole rings is 1. The van der Waals surface area contributed by atoms with Crippen LogP contribution in [0.3, 0.4) is 0 Å². The summed E-state index contributed by atoms with van der Waals surface area (Å²) in [6.07, 6.45) is 1.77. The molecule has 2 heterocycles. The Hall–Kier alpha value is -2.68. The largest absolute Gasteiger partial charge is 0.437 e. The number of imidazole rings is 1. The molecule has 0 aliphatic carbocycles. The maximum absolute atomic E-state index is 6.00. The van der Waals surface area contributed by atoms with E-state index in [1.165, 1.54) is 0 Å². The van der Waals surface area contributed by atoms with Gasteiger partial charge in [-0.2, -0.15) is 0 Å². The molecule has 2 aromatic heterocycles. The third kappa shape index (κ3) is 2.51. The monoisotopic (exact) mass is 502 g/mol. The van der Waals surface area contributed by atoms with Crippen molar-refractivity contribution in [2.75, 3.05) is 0 Å². The van der Waals surface area contributed by atoms with E-state index in [1.807, 2.05) is 54.6 Å². The van der Waals surface area contributed by atoms with E-state index in [0.717, 1.165) is 39.3 Å². The average molecular weight is 502 g/mol. The second kappa shape index (κ2) is 6.32. The van der Waals surface area contributed by atoms with Crippen LogP contribution in [0, 0.1) is 6.07 Å². The van der Waals surface area contributed by atoms with Crippen LogP contribution < -0.4 is 0 Å². The van der Waals surface area contributed by atoms with Crippen LogP contribution in [0.5, 0.6) is 0 Å². The van der Waals surface area contributed by atoms with Crippen molar-refractivity contribution in [3.05, 3.63) is 85.1 Å². The Kier molecular flexibility index (Phi) is 4.00. The van der Waals surface area contributed by atoms with Gasteiger partial charge in [0, 0.05) is 25.7 Å². The van der Waals surface area contributed by atoms with Crippen molar-refractivity contribution >= 4 is 16.8 Å². The van der Waals surface area contributed by atoms with Gasteiger partial charge in [0.1, 0.15) is 0 Å². The second-order valence-corrected chi connectivity index (χ2v) is 5.65. The predicted molar refractivity (Wildman–Crippen MR) is 94.7 cm³/mol. The van der Waals surface area contributed by atoms with Crippen LogP contribution in [0.1, 0.15) is 0 Å². The summed E-state index contributed by atoms with van der Waals surface area (Å²) < 4.78 is 8.08.